The maximum atomic E-state index is 12.5. The van der Waals surface area contributed by atoms with Crippen LogP contribution in [-0.4, -0.2) is 34.5 Å². The molecule has 0 saturated heterocycles. The van der Waals surface area contributed by atoms with E-state index in [0.29, 0.717) is 4.90 Å². The lowest BCUT2D eigenvalue weighted by Crippen LogP contribution is -2.43. The number of nitro groups is 1. The van der Waals surface area contributed by atoms with Crippen molar-refractivity contribution in [2.24, 2.45) is 0 Å². The summed E-state index contributed by atoms with van der Waals surface area (Å²) in [5, 5.41) is 10.6. The Kier molecular flexibility index (Phi) is 5.16. The van der Waals surface area contributed by atoms with E-state index < -0.39 is 40.8 Å². The van der Waals surface area contributed by atoms with Crippen LogP contribution in [0.1, 0.15) is 24.2 Å². The van der Waals surface area contributed by atoms with Gasteiger partial charge in [-0.3, -0.25) is 14.9 Å². The standard InChI is InChI=1S/C12H12ClF3N2O3/c1-7(2)17(6-12(14,15)16)11(19)8-4-3-5-9(13)10(8)18(20)21/h3-5,7H,6H2,1-2H3. The summed E-state index contributed by atoms with van der Waals surface area (Å²) in [6.07, 6.45) is -4.60. The van der Waals surface area contributed by atoms with Gasteiger partial charge < -0.3 is 4.90 Å². The molecule has 0 radical (unpaired) electrons. The van der Waals surface area contributed by atoms with Gasteiger partial charge in [0.25, 0.3) is 5.91 Å². The number of nitrogens with zero attached hydrogens (tertiary/aromatic N) is 2. The molecule has 5 nitrogen and oxygen atoms in total. The number of alkyl halides is 3. The molecule has 0 aliphatic heterocycles. The van der Waals surface area contributed by atoms with Gasteiger partial charge in [-0.25, -0.2) is 0 Å². The van der Waals surface area contributed by atoms with Gasteiger partial charge >= 0.3 is 11.9 Å². The van der Waals surface area contributed by atoms with Gasteiger partial charge in [-0.15, -0.1) is 0 Å². The van der Waals surface area contributed by atoms with Crippen molar-refractivity contribution in [2.45, 2.75) is 26.1 Å². The number of benzene rings is 1. The van der Waals surface area contributed by atoms with E-state index in [4.69, 9.17) is 11.6 Å². The molecule has 21 heavy (non-hydrogen) atoms. The number of nitro benzene ring substituents is 1. The van der Waals surface area contributed by atoms with E-state index >= 15 is 0 Å². The SMILES string of the molecule is CC(C)N(CC(F)(F)F)C(=O)c1cccc(Cl)c1[N+](=O)[O-]. The predicted molar refractivity (Wildman–Crippen MR) is 70.3 cm³/mol. The summed E-state index contributed by atoms with van der Waals surface area (Å²) in [4.78, 5) is 22.8. The lowest BCUT2D eigenvalue weighted by atomic mass is 10.1. The number of amides is 1. The van der Waals surface area contributed by atoms with Crippen molar-refractivity contribution in [3.63, 3.8) is 0 Å². The Hall–Kier alpha value is -1.83. The van der Waals surface area contributed by atoms with Crippen LogP contribution in [0.25, 0.3) is 0 Å². The lowest BCUT2D eigenvalue weighted by molar-refractivity contribution is -0.385. The van der Waals surface area contributed by atoms with Crippen LogP contribution in [0.3, 0.4) is 0 Å². The van der Waals surface area contributed by atoms with Crippen LogP contribution >= 0.6 is 11.6 Å². The topological polar surface area (TPSA) is 63.5 Å². The first-order chi connectivity index (χ1) is 9.54. The molecule has 0 aliphatic rings. The molecule has 1 aromatic rings. The average molecular weight is 325 g/mol. The molecule has 1 aromatic carbocycles. The molecular weight excluding hydrogens is 313 g/mol. The molecule has 1 amide bonds. The second-order valence-corrected chi connectivity index (χ2v) is 4.94. The van der Waals surface area contributed by atoms with E-state index in [1.54, 1.807) is 0 Å². The van der Waals surface area contributed by atoms with Gasteiger partial charge in [-0.05, 0) is 26.0 Å². The first kappa shape index (κ1) is 17.2. The Labute approximate surface area is 123 Å². The van der Waals surface area contributed by atoms with Crippen LogP contribution < -0.4 is 0 Å². The van der Waals surface area contributed by atoms with Crippen molar-refractivity contribution in [3.8, 4) is 0 Å². The molecule has 0 aromatic heterocycles. The number of hydrogen-bond donors (Lipinski definition) is 0. The molecule has 1 rings (SSSR count). The maximum absolute atomic E-state index is 12.5. The lowest BCUT2D eigenvalue weighted by Gasteiger charge is -2.27. The second kappa shape index (κ2) is 6.30. The third-order valence-electron chi connectivity index (χ3n) is 2.63. The summed E-state index contributed by atoms with van der Waals surface area (Å²) < 4.78 is 37.6. The third-order valence-corrected chi connectivity index (χ3v) is 2.94. The summed E-state index contributed by atoms with van der Waals surface area (Å²) in [6.45, 7) is 1.28. The highest BCUT2D eigenvalue weighted by atomic mass is 35.5. The quantitative estimate of drug-likeness (QED) is 0.627. The number of para-hydroxylation sites is 1. The van der Waals surface area contributed by atoms with Crippen LogP contribution in [0.2, 0.25) is 5.02 Å². The molecule has 0 saturated carbocycles. The molecule has 0 N–H and O–H groups in total. The van der Waals surface area contributed by atoms with Gasteiger partial charge in [-0.1, -0.05) is 17.7 Å². The van der Waals surface area contributed by atoms with Crippen LogP contribution in [0.15, 0.2) is 18.2 Å². The average Bonchev–Trinajstić information content (AvgIpc) is 2.33. The van der Waals surface area contributed by atoms with Gasteiger partial charge in [0.1, 0.15) is 17.1 Å². The molecular formula is C12H12ClF3N2O3. The van der Waals surface area contributed by atoms with Gasteiger partial charge in [0.05, 0.1) is 4.92 Å². The Morgan fingerprint density at radius 3 is 2.43 bits per heavy atom. The first-order valence-electron chi connectivity index (χ1n) is 5.85. The van der Waals surface area contributed by atoms with E-state index in [-0.39, 0.29) is 5.02 Å². The van der Waals surface area contributed by atoms with Crippen molar-refractivity contribution in [2.75, 3.05) is 6.54 Å². The van der Waals surface area contributed by atoms with Crippen molar-refractivity contribution in [1.29, 1.82) is 0 Å². The van der Waals surface area contributed by atoms with Crippen molar-refractivity contribution in [3.05, 3.63) is 38.9 Å². The van der Waals surface area contributed by atoms with Crippen molar-refractivity contribution < 1.29 is 22.9 Å². The van der Waals surface area contributed by atoms with Gasteiger partial charge in [0.15, 0.2) is 0 Å². The third kappa shape index (κ3) is 4.32. The highest BCUT2D eigenvalue weighted by Crippen LogP contribution is 2.30. The summed E-state index contributed by atoms with van der Waals surface area (Å²) in [5.41, 5.74) is -1.16. The van der Waals surface area contributed by atoms with Gasteiger partial charge in [0.2, 0.25) is 0 Å². The highest BCUT2D eigenvalue weighted by molar-refractivity contribution is 6.33. The fourth-order valence-corrected chi connectivity index (χ4v) is 1.95. The maximum Gasteiger partial charge on any atom is 0.406 e. The number of carbonyl (C=O) groups excluding carboxylic acids is 1. The van der Waals surface area contributed by atoms with E-state index in [9.17, 15) is 28.1 Å². The number of halogens is 4. The summed E-state index contributed by atoms with van der Waals surface area (Å²) in [5.74, 6) is -1.09. The minimum atomic E-state index is -4.60. The van der Waals surface area contributed by atoms with Crippen LogP contribution in [0, 0.1) is 10.1 Å². The number of carbonyl (C=O) groups is 1. The predicted octanol–water partition coefficient (Wildman–Crippen LogP) is 3.66. The zero-order chi connectivity index (χ0) is 16.4. The summed E-state index contributed by atoms with van der Waals surface area (Å²) in [6, 6.07) is 2.77. The van der Waals surface area contributed by atoms with Gasteiger partial charge in [-0.2, -0.15) is 13.2 Å². The van der Waals surface area contributed by atoms with Gasteiger partial charge in [0, 0.05) is 6.04 Å². The molecule has 116 valence electrons. The van der Waals surface area contributed by atoms with Crippen LogP contribution in [0.5, 0.6) is 0 Å². The largest absolute Gasteiger partial charge is 0.406 e. The van der Waals surface area contributed by atoms with E-state index in [2.05, 4.69) is 0 Å². The van der Waals surface area contributed by atoms with E-state index in [1.807, 2.05) is 0 Å². The molecule has 0 heterocycles. The molecule has 9 heteroatoms. The minimum absolute atomic E-state index is 0.304. The zero-order valence-corrected chi connectivity index (χ0v) is 11.9. The zero-order valence-electron chi connectivity index (χ0n) is 11.1. The number of rotatable bonds is 4. The van der Waals surface area contributed by atoms with Crippen molar-refractivity contribution in [1.82, 2.24) is 4.90 Å². The second-order valence-electron chi connectivity index (χ2n) is 4.54. The molecule has 0 aliphatic carbocycles. The summed E-state index contributed by atoms with van der Waals surface area (Å²) in [7, 11) is 0. The first-order valence-corrected chi connectivity index (χ1v) is 6.23. The number of hydrogen-bond acceptors (Lipinski definition) is 3. The minimum Gasteiger partial charge on any atom is -0.327 e. The van der Waals surface area contributed by atoms with E-state index in [0.717, 1.165) is 6.07 Å². The van der Waals surface area contributed by atoms with Crippen molar-refractivity contribution >= 4 is 23.2 Å². The monoisotopic (exact) mass is 324 g/mol. The van der Waals surface area contributed by atoms with E-state index in [1.165, 1.54) is 26.0 Å². The Balaban J connectivity index is 3.28. The normalized spacial score (nSPS) is 11.6. The molecule has 0 atom stereocenters. The molecule has 0 unspecified atom stereocenters. The Morgan fingerprint density at radius 1 is 1.43 bits per heavy atom. The van der Waals surface area contributed by atoms with Crippen LogP contribution in [0.4, 0.5) is 18.9 Å². The summed E-state index contributed by atoms with van der Waals surface area (Å²) >= 11 is 5.65. The molecule has 0 bridgehead atoms. The molecule has 0 fully saturated rings. The highest BCUT2D eigenvalue weighted by Gasteiger charge is 2.36. The molecule has 0 spiro atoms. The fraction of sp³-hybridized carbons (Fsp3) is 0.417. The fourth-order valence-electron chi connectivity index (χ4n) is 1.71. The Bertz CT molecular complexity index is 561. The Morgan fingerprint density at radius 2 is 2.00 bits per heavy atom. The van der Waals surface area contributed by atoms with Crippen LogP contribution in [-0.2, 0) is 0 Å². The smallest absolute Gasteiger partial charge is 0.327 e.